The molecule has 0 saturated carbocycles. The number of carbonyl (C=O) groups is 3. The number of anilines is 1. The van der Waals surface area contributed by atoms with Crippen LogP contribution in [0, 0.1) is 0 Å². The van der Waals surface area contributed by atoms with Crippen LogP contribution in [0.2, 0.25) is 10.0 Å². The first-order valence-corrected chi connectivity index (χ1v) is 6.98. The number of hydrogen-bond donors (Lipinski definition) is 2. The van der Waals surface area contributed by atoms with Gasteiger partial charge in [-0.1, -0.05) is 23.2 Å². The first kappa shape index (κ1) is 16.3. The molecule has 1 aromatic carbocycles. The number of hydrogen-bond acceptors (Lipinski definition) is 5. The fourth-order valence-electron chi connectivity index (χ4n) is 1.61. The predicted octanol–water partition coefficient (Wildman–Crippen LogP) is 1.74. The van der Waals surface area contributed by atoms with E-state index in [2.05, 4.69) is 15.8 Å². The van der Waals surface area contributed by atoms with Crippen LogP contribution in [0.5, 0.6) is 0 Å². The van der Waals surface area contributed by atoms with E-state index in [1.807, 2.05) is 0 Å². The van der Waals surface area contributed by atoms with Gasteiger partial charge in [0.2, 0.25) is 5.91 Å². The lowest BCUT2D eigenvalue weighted by atomic mass is 10.2. The molecule has 1 aromatic rings. The predicted molar refractivity (Wildman–Crippen MR) is 80.9 cm³/mol. The average Bonchev–Trinajstić information content (AvgIpc) is 2.49. The highest BCUT2D eigenvalue weighted by Crippen LogP contribution is 2.24. The molecular weight excluding hydrogens is 333 g/mol. The highest BCUT2D eigenvalue weighted by molar-refractivity contribution is 6.42. The summed E-state index contributed by atoms with van der Waals surface area (Å²) >= 11 is 11.6. The van der Waals surface area contributed by atoms with E-state index in [4.69, 9.17) is 27.9 Å². The lowest BCUT2D eigenvalue weighted by molar-refractivity contribution is -0.140. The van der Waals surface area contributed by atoms with Gasteiger partial charge in [-0.2, -0.15) is 5.10 Å². The van der Waals surface area contributed by atoms with E-state index in [-0.39, 0.29) is 24.5 Å². The molecule has 0 saturated heterocycles. The van der Waals surface area contributed by atoms with Gasteiger partial charge in [0, 0.05) is 18.5 Å². The maximum absolute atomic E-state index is 11.7. The number of nitrogens with one attached hydrogen (secondary N) is 2. The van der Waals surface area contributed by atoms with E-state index in [1.165, 1.54) is 12.1 Å². The maximum atomic E-state index is 11.7. The molecule has 0 unspecified atom stereocenters. The first-order valence-electron chi connectivity index (χ1n) is 6.23. The molecule has 0 fully saturated rings. The van der Waals surface area contributed by atoms with E-state index in [9.17, 15) is 14.4 Å². The van der Waals surface area contributed by atoms with E-state index in [0.717, 1.165) is 0 Å². The fourth-order valence-corrected chi connectivity index (χ4v) is 1.90. The first-order chi connectivity index (χ1) is 10.5. The van der Waals surface area contributed by atoms with Crippen molar-refractivity contribution in [3.8, 4) is 0 Å². The molecule has 2 N–H and O–H groups in total. The normalized spacial score (nSPS) is 13.9. The van der Waals surface area contributed by atoms with Crippen molar-refractivity contribution >= 4 is 52.4 Å². The SMILES string of the molecule is O=C1CCC(C(=O)OCC(=O)Nc2ccc(Cl)c(Cl)c2)=NN1. The van der Waals surface area contributed by atoms with Gasteiger partial charge >= 0.3 is 5.97 Å². The lowest BCUT2D eigenvalue weighted by Crippen LogP contribution is -2.32. The number of esters is 1. The Labute approximate surface area is 135 Å². The second-order valence-electron chi connectivity index (χ2n) is 4.35. The van der Waals surface area contributed by atoms with Crippen molar-refractivity contribution in [2.45, 2.75) is 12.8 Å². The number of carbonyl (C=O) groups excluding carboxylic acids is 3. The highest BCUT2D eigenvalue weighted by Gasteiger charge is 2.20. The summed E-state index contributed by atoms with van der Waals surface area (Å²) in [4.78, 5) is 34.2. The van der Waals surface area contributed by atoms with Gasteiger partial charge in [-0.15, -0.1) is 0 Å². The summed E-state index contributed by atoms with van der Waals surface area (Å²) in [5.74, 6) is -1.55. The molecule has 0 aromatic heterocycles. The van der Waals surface area contributed by atoms with Gasteiger partial charge in [-0.25, -0.2) is 10.2 Å². The number of amides is 2. The third-order valence-electron chi connectivity index (χ3n) is 2.68. The Hall–Kier alpha value is -2.12. The second kappa shape index (κ2) is 7.24. The fraction of sp³-hybridized carbons (Fsp3) is 0.231. The number of hydrazone groups is 1. The van der Waals surface area contributed by atoms with Crippen LogP contribution in [-0.2, 0) is 19.1 Å². The Bertz CT molecular complexity index is 661. The third kappa shape index (κ3) is 4.44. The quantitative estimate of drug-likeness (QED) is 0.813. The Morgan fingerprint density at radius 3 is 2.68 bits per heavy atom. The van der Waals surface area contributed by atoms with E-state index in [0.29, 0.717) is 15.7 Å². The maximum Gasteiger partial charge on any atom is 0.355 e. The zero-order valence-electron chi connectivity index (χ0n) is 11.2. The summed E-state index contributed by atoms with van der Waals surface area (Å²) in [7, 11) is 0. The van der Waals surface area contributed by atoms with Gasteiger partial charge in [-0.3, -0.25) is 9.59 Å². The molecular formula is C13H11Cl2N3O4. The minimum absolute atomic E-state index is 0.0712. The largest absolute Gasteiger partial charge is 0.451 e. The second-order valence-corrected chi connectivity index (χ2v) is 5.16. The minimum Gasteiger partial charge on any atom is -0.451 e. The van der Waals surface area contributed by atoms with E-state index < -0.39 is 18.5 Å². The van der Waals surface area contributed by atoms with Crippen molar-refractivity contribution in [1.82, 2.24) is 5.43 Å². The van der Waals surface area contributed by atoms with Crippen molar-refractivity contribution < 1.29 is 19.1 Å². The van der Waals surface area contributed by atoms with Crippen LogP contribution >= 0.6 is 23.2 Å². The van der Waals surface area contributed by atoms with Gasteiger partial charge < -0.3 is 10.1 Å². The standard InChI is InChI=1S/C13H11Cl2N3O4/c14-8-2-1-7(5-9(8)15)16-12(20)6-22-13(21)10-3-4-11(19)18-17-10/h1-2,5H,3-4,6H2,(H,16,20)(H,18,19). The van der Waals surface area contributed by atoms with Crippen molar-refractivity contribution in [1.29, 1.82) is 0 Å². The molecule has 7 nitrogen and oxygen atoms in total. The van der Waals surface area contributed by atoms with Crippen LogP contribution in [-0.4, -0.2) is 30.1 Å². The summed E-state index contributed by atoms with van der Waals surface area (Å²) in [6.45, 7) is -0.480. The van der Waals surface area contributed by atoms with Crippen LogP contribution in [0.4, 0.5) is 5.69 Å². The third-order valence-corrected chi connectivity index (χ3v) is 3.42. The van der Waals surface area contributed by atoms with Gasteiger partial charge in [-0.05, 0) is 18.2 Å². The zero-order chi connectivity index (χ0) is 16.1. The molecule has 0 atom stereocenters. The Kier molecular flexibility index (Phi) is 5.35. The molecule has 2 amide bonds. The Balaban J connectivity index is 1.83. The van der Waals surface area contributed by atoms with Crippen molar-refractivity contribution in [2.75, 3.05) is 11.9 Å². The number of halogens is 2. The molecule has 9 heteroatoms. The molecule has 1 aliphatic heterocycles. The minimum atomic E-state index is -0.746. The molecule has 0 radical (unpaired) electrons. The lowest BCUT2D eigenvalue weighted by Gasteiger charge is -2.11. The molecule has 1 heterocycles. The number of nitrogens with zero attached hydrogens (tertiary/aromatic N) is 1. The molecule has 0 aliphatic carbocycles. The topological polar surface area (TPSA) is 96.9 Å². The molecule has 2 rings (SSSR count). The van der Waals surface area contributed by atoms with Crippen molar-refractivity contribution in [2.24, 2.45) is 5.10 Å². The molecule has 22 heavy (non-hydrogen) atoms. The van der Waals surface area contributed by atoms with E-state index in [1.54, 1.807) is 6.07 Å². The zero-order valence-corrected chi connectivity index (χ0v) is 12.7. The van der Waals surface area contributed by atoms with Crippen LogP contribution in [0.25, 0.3) is 0 Å². The van der Waals surface area contributed by atoms with Gasteiger partial charge in [0.05, 0.1) is 10.0 Å². The summed E-state index contributed by atoms with van der Waals surface area (Å²) in [6.07, 6.45) is 0.336. The summed E-state index contributed by atoms with van der Waals surface area (Å²) in [5, 5.41) is 6.74. The summed E-state index contributed by atoms with van der Waals surface area (Å²) < 4.78 is 4.81. The number of benzene rings is 1. The van der Waals surface area contributed by atoms with Crippen LogP contribution < -0.4 is 10.7 Å². The van der Waals surface area contributed by atoms with Crippen LogP contribution in [0.3, 0.4) is 0 Å². The molecule has 0 spiro atoms. The number of ether oxygens (including phenoxy) is 1. The van der Waals surface area contributed by atoms with Crippen molar-refractivity contribution in [3.63, 3.8) is 0 Å². The summed E-state index contributed by atoms with van der Waals surface area (Å²) in [6, 6.07) is 4.57. The van der Waals surface area contributed by atoms with Crippen molar-refractivity contribution in [3.05, 3.63) is 28.2 Å². The number of rotatable bonds is 4. The average molecular weight is 344 g/mol. The Morgan fingerprint density at radius 2 is 2.05 bits per heavy atom. The molecule has 0 bridgehead atoms. The Morgan fingerprint density at radius 1 is 1.27 bits per heavy atom. The van der Waals surface area contributed by atoms with Crippen LogP contribution in [0.15, 0.2) is 23.3 Å². The van der Waals surface area contributed by atoms with Crippen LogP contribution in [0.1, 0.15) is 12.8 Å². The van der Waals surface area contributed by atoms with Gasteiger partial charge in [0.1, 0.15) is 5.71 Å². The summed E-state index contributed by atoms with van der Waals surface area (Å²) in [5.41, 5.74) is 2.67. The molecule has 1 aliphatic rings. The van der Waals surface area contributed by atoms with Gasteiger partial charge in [0.15, 0.2) is 6.61 Å². The molecule has 116 valence electrons. The smallest absolute Gasteiger partial charge is 0.355 e. The monoisotopic (exact) mass is 343 g/mol. The highest BCUT2D eigenvalue weighted by atomic mass is 35.5. The van der Waals surface area contributed by atoms with Gasteiger partial charge in [0.25, 0.3) is 5.91 Å². The van der Waals surface area contributed by atoms with E-state index >= 15 is 0 Å².